The fourth-order valence-electron chi connectivity index (χ4n) is 4.13. The fourth-order valence-corrected chi connectivity index (χ4v) is 4.91. The first kappa shape index (κ1) is 27.2. The number of carbonyl (C=O) groups excluding carboxylic acids is 2. The van der Waals surface area contributed by atoms with Crippen molar-refractivity contribution in [2.75, 3.05) is 54.5 Å². The van der Waals surface area contributed by atoms with Crippen LogP contribution < -0.4 is 14.9 Å². The molecule has 202 valence electrons. The van der Waals surface area contributed by atoms with Crippen LogP contribution in [0.15, 0.2) is 42.7 Å². The number of hydrogen-bond donors (Lipinski definition) is 2. The lowest BCUT2D eigenvalue weighted by molar-refractivity contribution is 0.102. The molecular weight excluding hydrogens is 539 g/mol. The molecule has 11 nitrogen and oxygen atoms in total. The smallest absolute Gasteiger partial charge is 0.409 e. The Labute approximate surface area is 224 Å². The molecule has 2 aromatic heterocycles. The largest absolute Gasteiger partial charge is 0.453 e. The Morgan fingerprint density at radius 2 is 1.76 bits per heavy atom. The van der Waals surface area contributed by atoms with Gasteiger partial charge in [-0.15, -0.1) is 0 Å². The summed E-state index contributed by atoms with van der Waals surface area (Å²) in [6.07, 6.45) is 3.70. The SMILES string of the molecule is COC(=O)N1CCN(c2cnc(-c3cc(C(=O)Nc4cc(Cl)cc(NS(C)(=O)=O)c4)cn3C)c(F)c2)CC1. The minimum atomic E-state index is -3.54. The predicted octanol–water partition coefficient (Wildman–Crippen LogP) is 3.39. The molecule has 0 aliphatic carbocycles. The summed E-state index contributed by atoms with van der Waals surface area (Å²) in [6, 6.07) is 7.21. The van der Waals surface area contributed by atoms with Crippen molar-refractivity contribution in [3.05, 3.63) is 59.1 Å². The second-order valence-electron chi connectivity index (χ2n) is 8.75. The number of anilines is 3. The van der Waals surface area contributed by atoms with Gasteiger partial charge in [-0.05, 0) is 24.3 Å². The van der Waals surface area contributed by atoms with Gasteiger partial charge in [0.2, 0.25) is 10.0 Å². The van der Waals surface area contributed by atoms with Crippen LogP contribution in [-0.4, -0.2) is 74.4 Å². The quantitative estimate of drug-likeness (QED) is 0.470. The summed E-state index contributed by atoms with van der Waals surface area (Å²) in [5, 5.41) is 2.89. The van der Waals surface area contributed by atoms with Crippen LogP contribution in [0.1, 0.15) is 10.4 Å². The van der Waals surface area contributed by atoms with Gasteiger partial charge in [-0.2, -0.15) is 0 Å². The second-order valence-corrected chi connectivity index (χ2v) is 10.9. The highest BCUT2D eigenvalue weighted by Gasteiger charge is 2.23. The molecule has 0 unspecified atom stereocenters. The molecule has 0 saturated carbocycles. The summed E-state index contributed by atoms with van der Waals surface area (Å²) in [4.78, 5) is 32.4. The fraction of sp³-hybridized carbons (Fsp3) is 0.292. The third-order valence-corrected chi connectivity index (χ3v) is 6.70. The lowest BCUT2D eigenvalue weighted by Gasteiger charge is -2.35. The zero-order valence-corrected chi connectivity index (χ0v) is 22.4. The first-order valence-electron chi connectivity index (χ1n) is 11.4. The van der Waals surface area contributed by atoms with Gasteiger partial charge in [0.15, 0.2) is 5.82 Å². The Hall–Kier alpha value is -3.84. The van der Waals surface area contributed by atoms with Gasteiger partial charge in [0.25, 0.3) is 5.91 Å². The van der Waals surface area contributed by atoms with Gasteiger partial charge in [0.05, 0.1) is 42.2 Å². The first-order chi connectivity index (χ1) is 17.9. The number of rotatable bonds is 6. The van der Waals surface area contributed by atoms with Gasteiger partial charge in [-0.25, -0.2) is 22.6 Å². The minimum Gasteiger partial charge on any atom is -0.453 e. The average molecular weight is 565 g/mol. The molecule has 38 heavy (non-hydrogen) atoms. The normalized spacial score (nSPS) is 13.8. The van der Waals surface area contributed by atoms with Crippen molar-refractivity contribution in [2.24, 2.45) is 7.05 Å². The molecular formula is C24H26ClFN6O5S. The number of halogens is 2. The Morgan fingerprint density at radius 3 is 2.39 bits per heavy atom. The number of amides is 2. The van der Waals surface area contributed by atoms with E-state index < -0.39 is 27.8 Å². The molecule has 2 N–H and O–H groups in total. The number of carbonyl (C=O) groups is 2. The molecule has 1 saturated heterocycles. The van der Waals surface area contributed by atoms with E-state index in [1.165, 1.54) is 43.6 Å². The summed E-state index contributed by atoms with van der Waals surface area (Å²) >= 11 is 6.07. The second kappa shape index (κ2) is 10.9. The first-order valence-corrected chi connectivity index (χ1v) is 13.7. The molecule has 4 rings (SSSR count). The zero-order chi connectivity index (χ0) is 27.6. The van der Waals surface area contributed by atoms with E-state index in [1.807, 2.05) is 4.90 Å². The summed E-state index contributed by atoms with van der Waals surface area (Å²) in [7, 11) is -0.538. The lowest BCUT2D eigenvalue weighted by Crippen LogP contribution is -2.48. The van der Waals surface area contributed by atoms with Crippen molar-refractivity contribution in [2.45, 2.75) is 0 Å². The summed E-state index contributed by atoms with van der Waals surface area (Å²) in [5.41, 5.74) is 1.76. The van der Waals surface area contributed by atoms with Crippen molar-refractivity contribution >= 4 is 50.7 Å². The van der Waals surface area contributed by atoms with E-state index in [1.54, 1.807) is 22.7 Å². The number of methoxy groups -OCH3 is 1. The average Bonchev–Trinajstić information content (AvgIpc) is 3.23. The minimum absolute atomic E-state index is 0.0749. The third-order valence-electron chi connectivity index (χ3n) is 5.87. The van der Waals surface area contributed by atoms with Crippen LogP contribution >= 0.6 is 11.6 Å². The molecule has 3 heterocycles. The Morgan fingerprint density at radius 1 is 1.08 bits per heavy atom. The van der Waals surface area contributed by atoms with Gasteiger partial charge in [0.1, 0.15) is 5.69 Å². The maximum absolute atomic E-state index is 15.2. The van der Waals surface area contributed by atoms with Crippen molar-refractivity contribution < 1.29 is 27.1 Å². The van der Waals surface area contributed by atoms with Crippen LogP contribution in [0.3, 0.4) is 0 Å². The van der Waals surface area contributed by atoms with Crippen LogP contribution in [-0.2, 0) is 21.8 Å². The van der Waals surface area contributed by atoms with Crippen molar-refractivity contribution in [1.82, 2.24) is 14.5 Å². The van der Waals surface area contributed by atoms with Crippen molar-refractivity contribution in [1.29, 1.82) is 0 Å². The number of ether oxygens (including phenoxy) is 1. The van der Waals surface area contributed by atoms with Gasteiger partial charge in [0, 0.05) is 56.2 Å². The summed E-state index contributed by atoms with van der Waals surface area (Å²) < 4.78 is 46.8. The van der Waals surface area contributed by atoms with E-state index in [4.69, 9.17) is 16.3 Å². The van der Waals surface area contributed by atoms with E-state index in [9.17, 15) is 18.0 Å². The molecule has 0 radical (unpaired) electrons. The molecule has 0 bridgehead atoms. The highest BCUT2D eigenvalue weighted by Crippen LogP contribution is 2.28. The highest BCUT2D eigenvalue weighted by atomic mass is 35.5. The van der Waals surface area contributed by atoms with E-state index in [0.717, 1.165) is 6.26 Å². The predicted molar refractivity (Wildman–Crippen MR) is 143 cm³/mol. The lowest BCUT2D eigenvalue weighted by atomic mass is 10.2. The van der Waals surface area contributed by atoms with E-state index >= 15 is 4.39 Å². The number of sulfonamides is 1. The van der Waals surface area contributed by atoms with E-state index in [-0.39, 0.29) is 27.7 Å². The van der Waals surface area contributed by atoms with Gasteiger partial charge >= 0.3 is 6.09 Å². The van der Waals surface area contributed by atoms with Gasteiger partial charge in [-0.1, -0.05) is 11.6 Å². The van der Waals surface area contributed by atoms with Crippen LogP contribution in [0.25, 0.3) is 11.4 Å². The standard InChI is InChI=1S/C24H26ClFN6O5S/c1-30-14-15(23(33)28-17-9-16(25)10-18(11-17)29-38(3,35)36)8-21(30)22-20(26)12-19(13-27-22)31-4-6-32(7-5-31)24(34)37-2/h8-14,29H,4-7H2,1-3H3,(H,28,33). The third kappa shape index (κ3) is 6.34. The van der Waals surface area contributed by atoms with Crippen LogP contribution in [0.2, 0.25) is 5.02 Å². The molecule has 3 aromatic rings. The Bertz CT molecular complexity index is 1490. The van der Waals surface area contributed by atoms with Crippen LogP contribution in [0.4, 0.5) is 26.2 Å². The molecule has 0 atom stereocenters. The number of piperazine rings is 1. The molecule has 1 fully saturated rings. The molecule has 14 heteroatoms. The number of hydrogen-bond acceptors (Lipinski definition) is 7. The molecule has 0 spiro atoms. The number of nitrogens with one attached hydrogen (secondary N) is 2. The maximum Gasteiger partial charge on any atom is 0.409 e. The highest BCUT2D eigenvalue weighted by molar-refractivity contribution is 7.92. The maximum atomic E-state index is 15.2. The monoisotopic (exact) mass is 564 g/mol. The molecule has 2 amide bonds. The van der Waals surface area contributed by atoms with E-state index in [0.29, 0.717) is 37.6 Å². The summed E-state index contributed by atoms with van der Waals surface area (Å²) in [6.45, 7) is 1.92. The molecule has 1 aliphatic rings. The van der Waals surface area contributed by atoms with Gasteiger partial charge in [-0.3, -0.25) is 9.52 Å². The topological polar surface area (TPSA) is 126 Å². The van der Waals surface area contributed by atoms with Crippen molar-refractivity contribution in [3.63, 3.8) is 0 Å². The number of pyridine rings is 1. The van der Waals surface area contributed by atoms with E-state index in [2.05, 4.69) is 15.0 Å². The van der Waals surface area contributed by atoms with Gasteiger partial charge < -0.3 is 24.4 Å². The van der Waals surface area contributed by atoms with Crippen LogP contribution in [0, 0.1) is 5.82 Å². The van der Waals surface area contributed by atoms with Crippen LogP contribution in [0.5, 0.6) is 0 Å². The summed E-state index contributed by atoms with van der Waals surface area (Å²) in [5.74, 6) is -1.06. The number of aryl methyl sites for hydroxylation is 1. The number of nitrogens with zero attached hydrogens (tertiary/aromatic N) is 4. The number of aromatic nitrogens is 2. The Balaban J connectivity index is 1.49. The van der Waals surface area contributed by atoms with Crippen molar-refractivity contribution in [3.8, 4) is 11.4 Å². The molecule has 1 aliphatic heterocycles. The Kier molecular flexibility index (Phi) is 7.78. The molecule has 1 aromatic carbocycles. The zero-order valence-electron chi connectivity index (χ0n) is 20.9. The number of benzene rings is 1.